The minimum absolute atomic E-state index is 0.0621. The van der Waals surface area contributed by atoms with Crippen molar-refractivity contribution in [3.8, 4) is 17.1 Å². The standard InChI is InChI=1S/C26H28N4O4S/c1-16(2)30(35(32)24-8-6-7-11-27-24)22-13-17(3)18(4)14-23(22)33-15-21-10-9-20(12-19(21)5)25-28-26(31)34-29-25/h6-14,16H,15H2,1-5H3,(H,28,29,31). The highest BCUT2D eigenvalue weighted by Crippen LogP contribution is 2.36. The molecule has 4 aromatic rings. The van der Waals surface area contributed by atoms with Gasteiger partial charge in [0.2, 0.25) is 0 Å². The Hall–Kier alpha value is -3.72. The predicted octanol–water partition coefficient (Wildman–Crippen LogP) is 4.87. The van der Waals surface area contributed by atoms with Crippen LogP contribution in [0.3, 0.4) is 0 Å². The summed E-state index contributed by atoms with van der Waals surface area (Å²) in [5, 5.41) is 4.23. The lowest BCUT2D eigenvalue weighted by molar-refractivity contribution is 0.306. The van der Waals surface area contributed by atoms with Crippen molar-refractivity contribution >= 4 is 16.7 Å². The first kappa shape index (κ1) is 24.4. The van der Waals surface area contributed by atoms with E-state index in [2.05, 4.69) is 19.6 Å². The van der Waals surface area contributed by atoms with Gasteiger partial charge < -0.3 is 4.74 Å². The second-order valence-corrected chi connectivity index (χ2v) is 9.92. The maximum Gasteiger partial charge on any atom is 0.439 e. The van der Waals surface area contributed by atoms with E-state index in [0.29, 0.717) is 23.2 Å². The van der Waals surface area contributed by atoms with E-state index in [9.17, 15) is 9.00 Å². The molecule has 0 amide bonds. The molecule has 0 radical (unpaired) electrons. The third-order valence-electron chi connectivity index (χ3n) is 5.72. The summed E-state index contributed by atoms with van der Waals surface area (Å²) in [5.41, 5.74) is 5.62. The molecule has 0 aliphatic heterocycles. The fraction of sp³-hybridized carbons (Fsp3) is 0.269. The summed E-state index contributed by atoms with van der Waals surface area (Å²) in [7, 11) is -1.50. The smallest absolute Gasteiger partial charge is 0.439 e. The van der Waals surface area contributed by atoms with E-state index in [4.69, 9.17) is 4.74 Å². The Morgan fingerprint density at radius 1 is 1.06 bits per heavy atom. The largest absolute Gasteiger partial charge is 0.487 e. The monoisotopic (exact) mass is 492 g/mol. The van der Waals surface area contributed by atoms with Gasteiger partial charge >= 0.3 is 5.76 Å². The average molecular weight is 493 g/mol. The highest BCUT2D eigenvalue weighted by Gasteiger charge is 2.24. The van der Waals surface area contributed by atoms with Gasteiger partial charge in [0.1, 0.15) is 17.4 Å². The number of pyridine rings is 1. The zero-order chi connectivity index (χ0) is 25.1. The molecule has 1 atom stereocenters. The molecule has 0 spiro atoms. The Morgan fingerprint density at radius 3 is 2.46 bits per heavy atom. The Bertz CT molecular complexity index is 1410. The van der Waals surface area contributed by atoms with E-state index in [1.165, 1.54) is 0 Å². The van der Waals surface area contributed by atoms with Gasteiger partial charge in [-0.3, -0.25) is 13.8 Å². The van der Waals surface area contributed by atoms with Crippen LogP contribution in [-0.2, 0) is 17.6 Å². The first-order valence-electron chi connectivity index (χ1n) is 11.3. The molecule has 0 fully saturated rings. The molecule has 9 heteroatoms. The van der Waals surface area contributed by atoms with Crippen LogP contribution < -0.4 is 14.8 Å². The molecule has 0 aliphatic carbocycles. The van der Waals surface area contributed by atoms with Crippen molar-refractivity contribution in [2.45, 2.75) is 52.3 Å². The number of hydrogen-bond donors (Lipinski definition) is 1. The molecule has 4 rings (SSSR count). The second-order valence-electron chi connectivity index (χ2n) is 8.61. The van der Waals surface area contributed by atoms with Gasteiger partial charge in [-0.05, 0) is 87.2 Å². The maximum atomic E-state index is 13.5. The van der Waals surface area contributed by atoms with Crippen LogP contribution in [0.25, 0.3) is 11.4 Å². The number of rotatable bonds is 8. The summed E-state index contributed by atoms with van der Waals surface area (Å²) >= 11 is 0. The van der Waals surface area contributed by atoms with Crippen LogP contribution in [-0.4, -0.2) is 25.4 Å². The van der Waals surface area contributed by atoms with Crippen molar-refractivity contribution in [3.63, 3.8) is 0 Å². The molecule has 2 aromatic carbocycles. The molecule has 35 heavy (non-hydrogen) atoms. The number of benzene rings is 2. The predicted molar refractivity (Wildman–Crippen MR) is 136 cm³/mol. The molecular weight excluding hydrogens is 464 g/mol. The number of aromatic amines is 1. The molecule has 8 nitrogen and oxygen atoms in total. The highest BCUT2D eigenvalue weighted by atomic mass is 32.2. The van der Waals surface area contributed by atoms with Gasteiger partial charge in [0.25, 0.3) is 0 Å². The van der Waals surface area contributed by atoms with E-state index in [1.807, 2.05) is 75.3 Å². The molecule has 2 aromatic heterocycles. The number of hydrogen-bond acceptors (Lipinski definition) is 6. The molecular formula is C26H28N4O4S. The Kier molecular flexibility index (Phi) is 7.16. The zero-order valence-corrected chi connectivity index (χ0v) is 21.2. The first-order valence-corrected chi connectivity index (χ1v) is 12.4. The third kappa shape index (κ3) is 5.35. The Balaban J connectivity index is 1.65. The Labute approximate surface area is 206 Å². The van der Waals surface area contributed by atoms with Crippen LogP contribution in [0, 0.1) is 20.8 Å². The van der Waals surface area contributed by atoms with Gasteiger partial charge in [-0.25, -0.2) is 14.0 Å². The van der Waals surface area contributed by atoms with Crippen LogP contribution in [0.2, 0.25) is 0 Å². The topological polar surface area (TPSA) is 101 Å². The van der Waals surface area contributed by atoms with Crippen molar-refractivity contribution < 1.29 is 13.5 Å². The van der Waals surface area contributed by atoms with Crippen molar-refractivity contribution in [2.24, 2.45) is 0 Å². The van der Waals surface area contributed by atoms with Crippen molar-refractivity contribution in [1.29, 1.82) is 0 Å². The van der Waals surface area contributed by atoms with Gasteiger partial charge in [0.05, 0.1) is 5.69 Å². The number of nitrogens with one attached hydrogen (secondary N) is 1. The van der Waals surface area contributed by atoms with Crippen LogP contribution in [0.1, 0.15) is 36.1 Å². The van der Waals surface area contributed by atoms with Gasteiger partial charge in [0, 0.05) is 17.8 Å². The Morgan fingerprint density at radius 2 is 1.83 bits per heavy atom. The van der Waals surface area contributed by atoms with Gasteiger partial charge in [0.15, 0.2) is 16.8 Å². The van der Waals surface area contributed by atoms with Gasteiger partial charge in [-0.2, -0.15) is 0 Å². The fourth-order valence-electron chi connectivity index (χ4n) is 3.69. The molecule has 1 N–H and O–H groups in total. The summed E-state index contributed by atoms with van der Waals surface area (Å²) in [5.74, 6) is 0.437. The van der Waals surface area contributed by atoms with Crippen molar-refractivity contribution in [2.75, 3.05) is 4.31 Å². The minimum Gasteiger partial charge on any atom is -0.487 e. The number of H-pyrrole nitrogens is 1. The summed E-state index contributed by atoms with van der Waals surface area (Å²) in [6.07, 6.45) is 1.64. The SMILES string of the molecule is Cc1cc(OCc2ccc(-c3noc(=O)[nH]3)cc2C)c(N(C(C)C)S(=O)c2ccccn2)cc1C. The van der Waals surface area contributed by atoms with E-state index >= 15 is 0 Å². The zero-order valence-electron chi connectivity index (χ0n) is 20.4. The lowest BCUT2D eigenvalue weighted by Gasteiger charge is -2.29. The van der Waals surface area contributed by atoms with E-state index in [-0.39, 0.29) is 6.04 Å². The lowest BCUT2D eigenvalue weighted by atomic mass is 10.1. The third-order valence-corrected chi connectivity index (χ3v) is 7.29. The lowest BCUT2D eigenvalue weighted by Crippen LogP contribution is -2.33. The molecule has 0 bridgehead atoms. The molecule has 182 valence electrons. The number of aromatic nitrogens is 3. The van der Waals surface area contributed by atoms with Crippen molar-refractivity contribution in [3.05, 3.63) is 87.5 Å². The number of nitrogens with zero attached hydrogens (tertiary/aromatic N) is 3. The minimum atomic E-state index is -1.50. The summed E-state index contributed by atoms with van der Waals surface area (Å²) in [6.45, 7) is 10.3. The normalized spacial score (nSPS) is 12.1. The fourth-order valence-corrected chi connectivity index (χ4v) is 4.94. The maximum absolute atomic E-state index is 13.5. The highest BCUT2D eigenvalue weighted by molar-refractivity contribution is 7.86. The number of aryl methyl sites for hydroxylation is 3. The summed E-state index contributed by atoms with van der Waals surface area (Å²) < 4.78 is 26.3. The summed E-state index contributed by atoms with van der Waals surface area (Å²) in [4.78, 5) is 18.1. The van der Waals surface area contributed by atoms with Gasteiger partial charge in [-0.15, -0.1) is 0 Å². The van der Waals surface area contributed by atoms with Gasteiger partial charge in [-0.1, -0.05) is 23.4 Å². The average Bonchev–Trinajstić information content (AvgIpc) is 3.27. The summed E-state index contributed by atoms with van der Waals surface area (Å²) in [6, 6.07) is 15.1. The molecule has 0 saturated heterocycles. The molecule has 0 aliphatic rings. The molecule has 1 unspecified atom stereocenters. The molecule has 0 saturated carbocycles. The van der Waals surface area contributed by atoms with Crippen LogP contribution in [0.5, 0.6) is 5.75 Å². The second kappa shape index (κ2) is 10.3. The van der Waals surface area contributed by atoms with Crippen LogP contribution in [0.15, 0.2) is 69.1 Å². The quantitative estimate of drug-likeness (QED) is 0.377. The van der Waals surface area contributed by atoms with E-state index in [1.54, 1.807) is 18.3 Å². The number of anilines is 1. The van der Waals surface area contributed by atoms with Crippen LogP contribution >= 0.6 is 0 Å². The van der Waals surface area contributed by atoms with Crippen LogP contribution in [0.4, 0.5) is 5.69 Å². The number of ether oxygens (including phenoxy) is 1. The van der Waals surface area contributed by atoms with Crippen molar-refractivity contribution in [1.82, 2.24) is 15.1 Å². The molecule has 2 heterocycles. The van der Waals surface area contributed by atoms with E-state index in [0.717, 1.165) is 33.5 Å². The van der Waals surface area contributed by atoms with E-state index < -0.39 is 16.7 Å². The first-order chi connectivity index (χ1) is 16.7.